The first kappa shape index (κ1) is 15.3. The van der Waals surface area contributed by atoms with Gasteiger partial charge in [0.05, 0.1) is 12.4 Å². The number of rotatable bonds is 1. The maximum Gasteiger partial charge on any atom is 0.410 e. The van der Waals surface area contributed by atoms with E-state index in [4.69, 9.17) is 10.5 Å². The Balaban J connectivity index is 1.99. The summed E-state index contributed by atoms with van der Waals surface area (Å²) in [5.41, 5.74) is 5.07. The van der Waals surface area contributed by atoms with Gasteiger partial charge >= 0.3 is 6.09 Å². The van der Waals surface area contributed by atoms with Gasteiger partial charge in [0, 0.05) is 25.7 Å². The van der Waals surface area contributed by atoms with E-state index in [0.717, 1.165) is 5.82 Å². The number of hydrogen-bond acceptors (Lipinski definition) is 6. The van der Waals surface area contributed by atoms with Crippen LogP contribution in [0.15, 0.2) is 12.4 Å². The molecule has 1 fully saturated rings. The number of amides is 1. The molecule has 1 atom stereocenters. The number of aromatic nitrogens is 2. The lowest BCUT2D eigenvalue weighted by molar-refractivity contribution is 0.0158. The van der Waals surface area contributed by atoms with Gasteiger partial charge in [0.15, 0.2) is 0 Å². The summed E-state index contributed by atoms with van der Waals surface area (Å²) in [7, 11) is 0. The lowest BCUT2D eigenvalue weighted by Gasteiger charge is -2.40. The molecule has 0 bridgehead atoms. The minimum Gasteiger partial charge on any atom is -0.444 e. The maximum atomic E-state index is 12.2. The first-order valence-electron chi connectivity index (χ1n) is 7.08. The average molecular weight is 293 g/mol. The fourth-order valence-corrected chi connectivity index (χ4v) is 2.25. The summed E-state index contributed by atoms with van der Waals surface area (Å²) < 4.78 is 5.43. The Labute approximate surface area is 125 Å². The van der Waals surface area contributed by atoms with E-state index in [1.54, 1.807) is 17.3 Å². The highest BCUT2D eigenvalue weighted by Crippen LogP contribution is 2.19. The number of nitrogen functional groups attached to an aromatic ring is 1. The zero-order chi connectivity index (χ0) is 15.6. The van der Waals surface area contributed by atoms with E-state index in [1.165, 1.54) is 0 Å². The number of nitrogens with zero attached hydrogens (tertiary/aromatic N) is 4. The summed E-state index contributed by atoms with van der Waals surface area (Å²) in [4.78, 5) is 24.3. The summed E-state index contributed by atoms with van der Waals surface area (Å²) in [5.74, 6) is 1.18. The molecule has 0 aromatic carbocycles. The number of carbonyl (C=O) groups is 1. The number of nitrogens with two attached hydrogens (primary N) is 1. The molecule has 0 radical (unpaired) electrons. The summed E-state index contributed by atoms with van der Waals surface area (Å²) in [5, 5.41) is 0. The van der Waals surface area contributed by atoms with Crippen molar-refractivity contribution in [3.05, 3.63) is 12.4 Å². The zero-order valence-electron chi connectivity index (χ0n) is 13.0. The van der Waals surface area contributed by atoms with Crippen molar-refractivity contribution >= 4 is 17.7 Å². The molecule has 1 saturated heterocycles. The minimum atomic E-state index is -0.476. The van der Waals surface area contributed by atoms with Gasteiger partial charge in [0.1, 0.15) is 17.2 Å². The molecular formula is C14H23N5O2. The van der Waals surface area contributed by atoms with E-state index in [-0.39, 0.29) is 12.1 Å². The van der Waals surface area contributed by atoms with Crippen molar-refractivity contribution in [2.45, 2.75) is 39.3 Å². The fraction of sp³-hybridized carbons (Fsp3) is 0.643. The van der Waals surface area contributed by atoms with Gasteiger partial charge in [-0.25, -0.2) is 14.8 Å². The van der Waals surface area contributed by atoms with Gasteiger partial charge in [0.2, 0.25) is 0 Å². The largest absolute Gasteiger partial charge is 0.444 e. The summed E-state index contributed by atoms with van der Waals surface area (Å²) >= 11 is 0. The molecule has 0 saturated carbocycles. The Morgan fingerprint density at radius 3 is 2.57 bits per heavy atom. The molecule has 0 spiro atoms. The van der Waals surface area contributed by atoms with Crippen molar-refractivity contribution in [2.75, 3.05) is 30.3 Å². The highest BCUT2D eigenvalue weighted by atomic mass is 16.6. The molecule has 0 aliphatic carbocycles. The van der Waals surface area contributed by atoms with E-state index in [9.17, 15) is 4.79 Å². The molecule has 2 heterocycles. The van der Waals surface area contributed by atoms with Crippen LogP contribution in [0.4, 0.5) is 16.4 Å². The van der Waals surface area contributed by atoms with Crippen molar-refractivity contribution < 1.29 is 9.53 Å². The van der Waals surface area contributed by atoms with Crippen LogP contribution in [-0.4, -0.2) is 52.2 Å². The van der Waals surface area contributed by atoms with Crippen molar-refractivity contribution in [2.24, 2.45) is 0 Å². The molecule has 7 nitrogen and oxygen atoms in total. The van der Waals surface area contributed by atoms with E-state index in [1.807, 2.05) is 27.7 Å². The Kier molecular flexibility index (Phi) is 4.20. The molecule has 1 unspecified atom stereocenters. The second-order valence-electron chi connectivity index (χ2n) is 6.27. The summed E-state index contributed by atoms with van der Waals surface area (Å²) in [6, 6.07) is 0.0490. The van der Waals surface area contributed by atoms with Crippen LogP contribution in [0, 0.1) is 0 Å². The van der Waals surface area contributed by atoms with Gasteiger partial charge in [0.25, 0.3) is 0 Å². The molecule has 2 N–H and O–H groups in total. The molecule has 1 amide bonds. The number of hydrogen-bond donors (Lipinski definition) is 1. The van der Waals surface area contributed by atoms with Crippen molar-refractivity contribution in [3.8, 4) is 0 Å². The monoisotopic (exact) mass is 293 g/mol. The third-order valence-corrected chi connectivity index (χ3v) is 3.24. The highest BCUT2D eigenvalue weighted by molar-refractivity contribution is 5.69. The van der Waals surface area contributed by atoms with Gasteiger partial charge in [-0.05, 0) is 27.7 Å². The minimum absolute atomic E-state index is 0.0490. The van der Waals surface area contributed by atoms with Crippen LogP contribution < -0.4 is 10.6 Å². The van der Waals surface area contributed by atoms with Crippen LogP contribution in [0.2, 0.25) is 0 Å². The molecule has 1 aliphatic heterocycles. The van der Waals surface area contributed by atoms with Crippen LogP contribution >= 0.6 is 0 Å². The predicted octanol–water partition coefficient (Wildman–Crippen LogP) is 1.50. The van der Waals surface area contributed by atoms with Crippen LogP contribution in [0.5, 0.6) is 0 Å². The van der Waals surface area contributed by atoms with Crippen LogP contribution in [0.1, 0.15) is 27.7 Å². The Bertz CT molecular complexity index is 497. The first-order valence-corrected chi connectivity index (χ1v) is 7.08. The van der Waals surface area contributed by atoms with Gasteiger partial charge in [-0.15, -0.1) is 0 Å². The van der Waals surface area contributed by atoms with Gasteiger partial charge in [-0.1, -0.05) is 0 Å². The van der Waals surface area contributed by atoms with Gasteiger partial charge in [-0.3, -0.25) is 0 Å². The molecule has 1 aromatic rings. The Morgan fingerprint density at radius 2 is 2.05 bits per heavy atom. The average Bonchev–Trinajstić information content (AvgIpc) is 2.37. The molecule has 1 aromatic heterocycles. The molecular weight excluding hydrogens is 270 g/mol. The van der Waals surface area contributed by atoms with Crippen molar-refractivity contribution in [1.29, 1.82) is 0 Å². The molecule has 2 rings (SSSR count). The molecule has 7 heteroatoms. The molecule has 116 valence electrons. The second-order valence-corrected chi connectivity index (χ2v) is 6.27. The molecule has 21 heavy (non-hydrogen) atoms. The van der Waals surface area contributed by atoms with Crippen LogP contribution in [0.3, 0.4) is 0 Å². The normalized spacial score (nSPS) is 19.5. The van der Waals surface area contributed by atoms with Gasteiger partial charge in [-0.2, -0.15) is 0 Å². The van der Waals surface area contributed by atoms with E-state index < -0.39 is 5.60 Å². The fourth-order valence-electron chi connectivity index (χ4n) is 2.25. The third-order valence-electron chi connectivity index (χ3n) is 3.24. The van der Waals surface area contributed by atoms with Crippen molar-refractivity contribution in [3.63, 3.8) is 0 Å². The Morgan fingerprint density at radius 1 is 1.33 bits per heavy atom. The number of ether oxygens (including phenoxy) is 1. The lowest BCUT2D eigenvalue weighted by atomic mass is 10.2. The summed E-state index contributed by atoms with van der Waals surface area (Å²) in [6.07, 6.45) is 2.93. The van der Waals surface area contributed by atoms with E-state index in [0.29, 0.717) is 25.5 Å². The van der Waals surface area contributed by atoms with Crippen molar-refractivity contribution in [1.82, 2.24) is 14.9 Å². The number of anilines is 2. The molecule has 1 aliphatic rings. The summed E-state index contributed by atoms with van der Waals surface area (Å²) in [6.45, 7) is 9.60. The SMILES string of the molecule is CC1CN(c2cnc(N)cn2)CCN1C(=O)OC(C)(C)C. The van der Waals surface area contributed by atoms with E-state index in [2.05, 4.69) is 14.9 Å². The van der Waals surface area contributed by atoms with Gasteiger partial charge < -0.3 is 20.3 Å². The standard InChI is InChI=1S/C14H23N5O2/c1-10-9-18(12-8-16-11(15)7-17-12)5-6-19(10)13(20)21-14(2,3)4/h7-8,10H,5-6,9H2,1-4H3,(H2,15,16). The zero-order valence-corrected chi connectivity index (χ0v) is 13.0. The van der Waals surface area contributed by atoms with Crippen LogP contribution in [-0.2, 0) is 4.74 Å². The maximum absolute atomic E-state index is 12.2. The van der Waals surface area contributed by atoms with E-state index >= 15 is 0 Å². The topological polar surface area (TPSA) is 84.6 Å². The number of carbonyl (C=O) groups excluding carboxylic acids is 1. The first-order chi connectivity index (χ1) is 9.76. The lowest BCUT2D eigenvalue weighted by Crippen LogP contribution is -2.55. The quantitative estimate of drug-likeness (QED) is 0.844. The smallest absolute Gasteiger partial charge is 0.410 e. The Hall–Kier alpha value is -2.05. The highest BCUT2D eigenvalue weighted by Gasteiger charge is 2.31. The predicted molar refractivity (Wildman–Crippen MR) is 81.1 cm³/mol. The third kappa shape index (κ3) is 3.96. The van der Waals surface area contributed by atoms with Crippen LogP contribution in [0.25, 0.3) is 0 Å². The number of piperazine rings is 1. The second kappa shape index (κ2) is 5.75.